The van der Waals surface area contributed by atoms with Gasteiger partial charge in [0.2, 0.25) is 0 Å². The summed E-state index contributed by atoms with van der Waals surface area (Å²) >= 11 is 0. The van der Waals surface area contributed by atoms with E-state index in [9.17, 15) is 123 Å². The van der Waals surface area contributed by atoms with Crippen LogP contribution < -0.4 is 0 Å². The second-order valence-corrected chi connectivity index (χ2v) is 40.7. The second-order valence-electron chi connectivity index (χ2n) is 40.7. The number of hydrogen-bond donors (Lipinski definition) is 24. The van der Waals surface area contributed by atoms with E-state index in [1.165, 1.54) is 83.1 Å². The van der Waals surface area contributed by atoms with Gasteiger partial charge in [0.25, 0.3) is 0 Å². The Bertz CT molecular complexity index is 5760. The molecule has 24 nitrogen and oxygen atoms in total. The fraction of sp³-hybridized carbons (Fsp3) is 0.368. The largest absolute Gasteiger partial charge is 0.507 e. The Morgan fingerprint density at radius 2 is 0.159 bits per heavy atom. The van der Waals surface area contributed by atoms with Crippen LogP contribution in [0.25, 0.3) is 0 Å². The molecule has 0 spiro atoms. The van der Waals surface area contributed by atoms with Crippen LogP contribution in [0.2, 0.25) is 0 Å². The van der Waals surface area contributed by atoms with Crippen molar-refractivity contribution in [2.45, 2.75) is 270 Å². The molecular weight excluding hydrogens is 1750 g/mol. The first-order valence-electron chi connectivity index (χ1n) is 48.1. The lowest BCUT2D eigenvalue weighted by molar-refractivity contribution is 0.408. The Balaban J connectivity index is 1.08. The van der Waals surface area contributed by atoms with Crippen LogP contribution >= 0.6 is 0 Å². The Labute approximate surface area is 798 Å². The Morgan fingerprint density at radius 1 is 0.109 bits per heavy atom. The SMILES string of the molecule is Cc1c(O)c2cc(c1O)C1CCCC3c4cc(c(O)c(C)c4O)C4CCCC5c6cc(c(O)c(C)c6O)C(CCCC6c7cc(c(O)c(C)c7O)C(CCCC7c8cc(c(O)c(C)c8O)C(CCCC(c8cc(c(O)c(C)c8O)C(CCCC2c2cc4c(O)c(C)c2O)c2cc7c(O)c(C)c2O)c2cc1c(O)c(C)c2O)c1cc6c(O)c(C)c1O)c1cc5c(O)c(C)c1O)c1cc3c(O)c(C)c1O. The van der Waals surface area contributed by atoms with E-state index in [-0.39, 0.29) is 316 Å². The number of fused-ring (bicyclic) bond motifs is 24. The molecule has 0 radical (unpaired) electrons. The molecule has 12 aromatic carbocycles. The van der Waals surface area contributed by atoms with Gasteiger partial charge >= 0.3 is 0 Å². The molecule has 36 bridgehead atoms. The summed E-state index contributed by atoms with van der Waals surface area (Å²) < 4.78 is 0. The van der Waals surface area contributed by atoms with Gasteiger partial charge in [0, 0.05) is 271 Å². The lowest BCUT2D eigenvalue weighted by atomic mass is 9.71. The number of phenols is 24. The monoisotopic (exact) mass is 1870 g/mol. The molecule has 0 saturated carbocycles. The van der Waals surface area contributed by atoms with E-state index in [0.717, 1.165) is 0 Å². The predicted octanol–water partition coefficient (Wildman–Crippen LogP) is 23.3. The summed E-state index contributed by atoms with van der Waals surface area (Å²) in [5.74, 6) is -26.1. The van der Waals surface area contributed by atoms with Crippen LogP contribution in [-0.4, -0.2) is 123 Å². The zero-order valence-corrected chi connectivity index (χ0v) is 79.3. The molecule has 0 atom stereocenters. The van der Waals surface area contributed by atoms with Gasteiger partial charge in [-0.05, 0) is 233 Å². The average Bonchev–Trinajstić information content (AvgIpc) is 0.742. The first-order valence-corrected chi connectivity index (χ1v) is 48.1. The number of aromatic hydroxyl groups is 24. The third-order valence-electron chi connectivity index (χ3n) is 33.7. The van der Waals surface area contributed by atoms with Gasteiger partial charge in [0.05, 0.1) is 0 Å². The molecule has 0 unspecified atom stereocenters. The van der Waals surface area contributed by atoms with E-state index in [0.29, 0.717) is 0 Å². The highest BCUT2D eigenvalue weighted by Crippen LogP contribution is 2.65. The van der Waals surface area contributed by atoms with Gasteiger partial charge in [0.1, 0.15) is 138 Å². The molecule has 19 rings (SSSR count). The number of rotatable bonds is 0. The Kier molecular flexibility index (Phi) is 22.8. The van der Waals surface area contributed by atoms with Gasteiger partial charge in [-0.25, -0.2) is 0 Å². The minimum absolute atomic E-state index is 0.0240. The molecule has 0 heterocycles. The van der Waals surface area contributed by atoms with Crippen molar-refractivity contribution in [2.24, 2.45) is 0 Å². The molecule has 0 amide bonds. The van der Waals surface area contributed by atoms with Gasteiger partial charge in [-0.2, -0.15) is 0 Å². The fourth-order valence-corrected chi connectivity index (χ4v) is 25.5. The zero-order chi connectivity index (χ0) is 98.8. The Hall–Kier alpha value is -14.2. The van der Waals surface area contributed by atoms with Crippen LogP contribution in [0, 0.1) is 83.1 Å². The summed E-state index contributed by atoms with van der Waals surface area (Å²) in [5, 5.41) is 324. The molecule has 24 N–H and O–H groups in total. The highest BCUT2D eigenvalue weighted by molar-refractivity contribution is 5.74. The van der Waals surface area contributed by atoms with Crippen LogP contribution in [0.3, 0.4) is 0 Å². The van der Waals surface area contributed by atoms with Crippen molar-refractivity contribution in [3.8, 4) is 138 Å². The zero-order valence-electron chi connectivity index (χ0n) is 79.3. The number of hydrogen-bond acceptors (Lipinski definition) is 24. The first kappa shape index (κ1) is 92.9. The molecule has 0 aliphatic heterocycles. The van der Waals surface area contributed by atoms with Crippen LogP contribution in [0.4, 0.5) is 0 Å². The smallest absolute Gasteiger partial charge is 0.126 e. The van der Waals surface area contributed by atoms with E-state index in [2.05, 4.69) is 0 Å². The second kappa shape index (κ2) is 33.9. The van der Waals surface area contributed by atoms with E-state index < -0.39 is 209 Å². The van der Waals surface area contributed by atoms with Crippen LogP contribution in [0.1, 0.15) is 387 Å². The lowest BCUT2D eigenvalue weighted by Crippen LogP contribution is -2.16. The molecule has 138 heavy (non-hydrogen) atoms. The van der Waals surface area contributed by atoms with Crippen molar-refractivity contribution in [3.63, 3.8) is 0 Å². The molecule has 0 fully saturated rings. The van der Waals surface area contributed by atoms with Gasteiger partial charge in [-0.1, -0.05) is 38.5 Å². The minimum Gasteiger partial charge on any atom is -0.507 e. The number of benzene rings is 12. The molecule has 0 aromatic heterocycles. The number of phenolic OH excluding ortho intramolecular Hbond substituents is 24. The summed E-state index contributed by atoms with van der Waals surface area (Å²) in [6.07, 6.45) is -1.47. The summed E-state index contributed by atoms with van der Waals surface area (Å²) in [5.41, 5.74) is 1.01. The quantitative estimate of drug-likeness (QED) is 0.0670. The van der Waals surface area contributed by atoms with Crippen LogP contribution in [-0.2, 0) is 0 Å². The van der Waals surface area contributed by atoms with Crippen LogP contribution in [0.5, 0.6) is 138 Å². The van der Waals surface area contributed by atoms with Gasteiger partial charge in [0.15, 0.2) is 0 Å². The van der Waals surface area contributed by atoms with Crippen molar-refractivity contribution in [1.82, 2.24) is 0 Å². The maximum Gasteiger partial charge on any atom is 0.126 e. The summed E-state index contributed by atoms with van der Waals surface area (Å²) in [4.78, 5) is 0. The fourth-order valence-electron chi connectivity index (χ4n) is 25.5. The third kappa shape index (κ3) is 13.9. The predicted molar refractivity (Wildman–Crippen MR) is 519 cm³/mol. The topological polar surface area (TPSA) is 486 Å². The molecule has 7 aliphatic carbocycles. The highest BCUT2D eigenvalue weighted by atomic mass is 16.3. The molecule has 0 saturated heterocycles. The minimum atomic E-state index is -1.26. The standard InChI is InChI=1S/C114H120O24/c1-43-91(115)67-31-68(92(43)116)56-20-14-22-58-70-33-74(98(122)45(3)94(70)118)62-26-16-25-61-73-32-69(93(117)44(2)97(73)121)57-21-13-19-55(67)79-37-81(105(129)49(7)103(79)127)59-23-15-24-60(82-38-80(56)104(128)50(8)106(82)130)72-35-76(100(124)47(5)96(72)120)64(86-40-84(58)108(132)52(10)110(86)134)28-18-30-66(90-42-88(62)112(136)54(12)114(90)138)78-36-77(101(125)48(6)102(78)126)65(89-41-87(61)111(135)53(11)113(89)137)29-17-27-63(75-34-71(59)95(119)46(4)99(75)123)85-39-83(57)107(131)51(9)109(85)133/h31-42,55-66,115-138H,13-30H2,1-12H3. The van der Waals surface area contributed by atoms with Crippen molar-refractivity contribution >= 4 is 0 Å². The van der Waals surface area contributed by atoms with Crippen molar-refractivity contribution < 1.29 is 123 Å². The lowest BCUT2D eigenvalue weighted by Gasteiger charge is -2.34. The van der Waals surface area contributed by atoms with Crippen LogP contribution in [0.15, 0.2) is 72.8 Å². The molecule has 7 aliphatic rings. The Morgan fingerprint density at radius 3 is 0.210 bits per heavy atom. The van der Waals surface area contributed by atoms with E-state index in [1.54, 1.807) is 72.8 Å². The molecular formula is C114H120O24. The third-order valence-corrected chi connectivity index (χ3v) is 33.7. The normalized spacial score (nSPS) is 21.7. The molecule has 12 aromatic rings. The van der Waals surface area contributed by atoms with E-state index in [1.807, 2.05) is 0 Å². The van der Waals surface area contributed by atoms with Crippen molar-refractivity contribution in [1.29, 1.82) is 0 Å². The van der Waals surface area contributed by atoms with Gasteiger partial charge in [-0.3, -0.25) is 0 Å². The van der Waals surface area contributed by atoms with Gasteiger partial charge in [-0.15, -0.1) is 0 Å². The van der Waals surface area contributed by atoms with E-state index in [4.69, 9.17) is 0 Å². The van der Waals surface area contributed by atoms with E-state index >= 15 is 0 Å². The summed E-state index contributed by atoms with van der Waals surface area (Å²) in [7, 11) is 0. The van der Waals surface area contributed by atoms with Crippen molar-refractivity contribution in [3.05, 3.63) is 273 Å². The highest BCUT2D eigenvalue weighted by Gasteiger charge is 2.45. The first-order chi connectivity index (χ1) is 65.5. The maximum atomic E-state index is 13.6. The van der Waals surface area contributed by atoms with Crippen molar-refractivity contribution in [2.75, 3.05) is 0 Å². The molecule has 24 heteroatoms. The average molecular weight is 1870 g/mol. The van der Waals surface area contributed by atoms with Gasteiger partial charge < -0.3 is 123 Å². The maximum absolute atomic E-state index is 13.6. The summed E-state index contributed by atoms with van der Waals surface area (Å²) in [6, 6.07) is 19.1. The molecule has 720 valence electrons. The summed E-state index contributed by atoms with van der Waals surface area (Å²) in [6.45, 7) is 18.0.